The number of aromatic nitrogens is 2. The van der Waals surface area contributed by atoms with E-state index in [1.54, 1.807) is 24.6 Å². The van der Waals surface area contributed by atoms with Gasteiger partial charge in [-0.1, -0.05) is 6.92 Å². The van der Waals surface area contributed by atoms with Crippen molar-refractivity contribution in [3.8, 4) is 0 Å². The minimum absolute atomic E-state index is 0.116. The van der Waals surface area contributed by atoms with Crippen molar-refractivity contribution in [2.24, 2.45) is 0 Å². The van der Waals surface area contributed by atoms with Crippen molar-refractivity contribution in [1.29, 1.82) is 0 Å². The SMILES string of the molecule is CCCn1cc(S(=O)(=O)N(C)Cc2csc(Br)c2)nc1C. The van der Waals surface area contributed by atoms with Gasteiger partial charge in [0.05, 0.1) is 3.79 Å². The van der Waals surface area contributed by atoms with E-state index in [1.807, 2.05) is 29.9 Å². The molecule has 0 aliphatic carbocycles. The maximum Gasteiger partial charge on any atom is 0.262 e. The molecule has 5 nitrogen and oxygen atoms in total. The monoisotopic (exact) mass is 391 g/mol. The van der Waals surface area contributed by atoms with E-state index in [0.717, 1.165) is 28.1 Å². The zero-order chi connectivity index (χ0) is 15.6. The lowest BCUT2D eigenvalue weighted by molar-refractivity contribution is 0.464. The van der Waals surface area contributed by atoms with E-state index in [-0.39, 0.29) is 5.03 Å². The fraction of sp³-hybridized carbons (Fsp3) is 0.462. The number of aryl methyl sites for hydroxylation is 2. The third-order valence-electron chi connectivity index (χ3n) is 3.12. The van der Waals surface area contributed by atoms with Crippen molar-refractivity contribution in [1.82, 2.24) is 13.9 Å². The van der Waals surface area contributed by atoms with E-state index >= 15 is 0 Å². The standard InChI is InChI=1S/C13H18BrN3O2S2/c1-4-5-17-8-13(15-10(17)2)21(18,19)16(3)7-11-6-12(14)20-9-11/h6,8-9H,4-5,7H2,1-3H3. The number of halogens is 1. The first-order chi connectivity index (χ1) is 9.84. The molecule has 0 atom stereocenters. The number of thiophene rings is 1. The maximum absolute atomic E-state index is 12.6. The van der Waals surface area contributed by atoms with Gasteiger partial charge in [0.15, 0.2) is 5.03 Å². The lowest BCUT2D eigenvalue weighted by Gasteiger charge is -2.14. The fourth-order valence-electron chi connectivity index (χ4n) is 2.00. The molecule has 2 aromatic rings. The van der Waals surface area contributed by atoms with E-state index in [1.165, 1.54) is 4.31 Å². The van der Waals surface area contributed by atoms with Crippen molar-refractivity contribution >= 4 is 37.3 Å². The molecule has 0 saturated heterocycles. The van der Waals surface area contributed by atoms with Crippen LogP contribution in [0.2, 0.25) is 0 Å². The van der Waals surface area contributed by atoms with E-state index in [9.17, 15) is 8.42 Å². The summed E-state index contributed by atoms with van der Waals surface area (Å²) in [5.74, 6) is 0.724. The summed E-state index contributed by atoms with van der Waals surface area (Å²) in [7, 11) is -1.98. The Bertz CT molecular complexity index is 722. The van der Waals surface area contributed by atoms with Crippen LogP contribution in [-0.2, 0) is 23.1 Å². The van der Waals surface area contributed by atoms with Crippen molar-refractivity contribution in [3.63, 3.8) is 0 Å². The normalized spacial score (nSPS) is 12.2. The van der Waals surface area contributed by atoms with Crippen LogP contribution in [0.1, 0.15) is 24.7 Å². The van der Waals surface area contributed by atoms with Gasteiger partial charge in [-0.25, -0.2) is 13.4 Å². The predicted octanol–water partition coefficient (Wildman–Crippen LogP) is 3.25. The van der Waals surface area contributed by atoms with E-state index in [2.05, 4.69) is 20.9 Å². The van der Waals surface area contributed by atoms with Gasteiger partial charge >= 0.3 is 0 Å². The molecule has 0 amide bonds. The van der Waals surface area contributed by atoms with Gasteiger partial charge in [-0.05, 0) is 46.3 Å². The number of hydrogen-bond acceptors (Lipinski definition) is 4. The smallest absolute Gasteiger partial charge is 0.262 e. The topological polar surface area (TPSA) is 55.2 Å². The molecule has 116 valence electrons. The van der Waals surface area contributed by atoms with Crippen LogP contribution in [0.3, 0.4) is 0 Å². The zero-order valence-corrected chi connectivity index (χ0v) is 15.4. The van der Waals surface area contributed by atoms with Crippen LogP contribution in [-0.4, -0.2) is 29.3 Å². The number of nitrogens with zero attached hydrogens (tertiary/aromatic N) is 3. The first-order valence-electron chi connectivity index (χ1n) is 6.57. The second kappa shape index (κ2) is 6.60. The Kier molecular flexibility index (Phi) is 5.24. The molecule has 0 saturated carbocycles. The molecule has 2 heterocycles. The summed E-state index contributed by atoms with van der Waals surface area (Å²) in [6.45, 7) is 4.98. The van der Waals surface area contributed by atoms with Crippen molar-refractivity contribution in [2.45, 2.75) is 38.4 Å². The summed E-state index contributed by atoms with van der Waals surface area (Å²) in [6, 6.07) is 1.93. The molecule has 2 aromatic heterocycles. The van der Waals surface area contributed by atoms with Gasteiger partial charge in [-0.3, -0.25) is 0 Å². The van der Waals surface area contributed by atoms with Crippen LogP contribution < -0.4 is 0 Å². The van der Waals surface area contributed by atoms with Gasteiger partial charge < -0.3 is 4.57 Å². The number of hydrogen-bond donors (Lipinski definition) is 0. The molecule has 8 heteroatoms. The minimum atomic E-state index is -3.56. The Hall–Kier alpha value is -0.700. The predicted molar refractivity (Wildman–Crippen MR) is 87.9 cm³/mol. The van der Waals surface area contributed by atoms with Crippen LogP contribution in [0, 0.1) is 6.92 Å². The highest BCUT2D eigenvalue weighted by atomic mass is 79.9. The lowest BCUT2D eigenvalue weighted by atomic mass is 10.3. The lowest BCUT2D eigenvalue weighted by Crippen LogP contribution is -2.26. The molecule has 0 bridgehead atoms. The Morgan fingerprint density at radius 2 is 2.19 bits per heavy atom. The Morgan fingerprint density at radius 1 is 1.48 bits per heavy atom. The average molecular weight is 392 g/mol. The third-order valence-corrected chi connectivity index (χ3v) is 6.35. The summed E-state index contributed by atoms with van der Waals surface area (Å²) in [5, 5.41) is 2.06. The summed E-state index contributed by atoms with van der Waals surface area (Å²) >= 11 is 4.92. The Balaban J connectivity index is 2.22. The van der Waals surface area contributed by atoms with Crippen LogP contribution in [0.4, 0.5) is 0 Å². The van der Waals surface area contributed by atoms with Gasteiger partial charge in [0, 0.05) is 26.3 Å². The molecule has 0 aromatic carbocycles. The quantitative estimate of drug-likeness (QED) is 0.759. The highest BCUT2D eigenvalue weighted by molar-refractivity contribution is 9.11. The highest BCUT2D eigenvalue weighted by Gasteiger charge is 2.24. The largest absolute Gasteiger partial charge is 0.334 e. The summed E-state index contributed by atoms with van der Waals surface area (Å²) in [4.78, 5) is 4.20. The van der Waals surface area contributed by atoms with Gasteiger partial charge in [-0.15, -0.1) is 11.3 Å². The van der Waals surface area contributed by atoms with Crippen LogP contribution >= 0.6 is 27.3 Å². The molecule has 2 rings (SSSR count). The average Bonchev–Trinajstić information content (AvgIpc) is 2.97. The second-order valence-corrected chi connectivity index (χ2v) is 9.12. The Labute approximate surface area is 137 Å². The third kappa shape index (κ3) is 3.74. The van der Waals surface area contributed by atoms with E-state index in [0.29, 0.717) is 6.54 Å². The summed E-state index contributed by atoms with van der Waals surface area (Å²) in [6.07, 6.45) is 2.56. The van der Waals surface area contributed by atoms with Gasteiger partial charge in [0.2, 0.25) is 0 Å². The second-order valence-electron chi connectivity index (χ2n) is 4.84. The summed E-state index contributed by atoms with van der Waals surface area (Å²) < 4.78 is 29.3. The van der Waals surface area contributed by atoms with E-state index in [4.69, 9.17) is 0 Å². The molecule has 0 unspecified atom stereocenters. The maximum atomic E-state index is 12.6. The molecule has 0 N–H and O–H groups in total. The highest BCUT2D eigenvalue weighted by Crippen LogP contribution is 2.23. The molecule has 0 aliphatic rings. The summed E-state index contributed by atoms with van der Waals surface area (Å²) in [5.41, 5.74) is 0.961. The van der Waals surface area contributed by atoms with E-state index < -0.39 is 10.0 Å². The van der Waals surface area contributed by atoms with Crippen molar-refractivity contribution < 1.29 is 8.42 Å². The number of imidazole rings is 1. The van der Waals surface area contributed by atoms with Crippen molar-refractivity contribution in [2.75, 3.05) is 7.05 Å². The molecule has 21 heavy (non-hydrogen) atoms. The minimum Gasteiger partial charge on any atom is -0.334 e. The van der Waals surface area contributed by atoms with Crippen LogP contribution in [0.15, 0.2) is 26.5 Å². The van der Waals surface area contributed by atoms with Gasteiger partial charge in [0.25, 0.3) is 10.0 Å². The molecule has 0 fully saturated rings. The van der Waals surface area contributed by atoms with Crippen molar-refractivity contribution in [3.05, 3.63) is 32.8 Å². The van der Waals surface area contributed by atoms with Crippen LogP contribution in [0.25, 0.3) is 0 Å². The van der Waals surface area contributed by atoms with Gasteiger partial charge in [-0.2, -0.15) is 4.31 Å². The van der Waals surface area contributed by atoms with Gasteiger partial charge in [0.1, 0.15) is 5.82 Å². The Morgan fingerprint density at radius 3 is 2.76 bits per heavy atom. The molecular formula is C13H18BrN3O2S2. The fourth-order valence-corrected chi connectivity index (χ4v) is 4.35. The number of sulfonamides is 1. The molecule has 0 spiro atoms. The molecule has 0 aliphatic heterocycles. The molecular weight excluding hydrogens is 374 g/mol. The first-order valence-corrected chi connectivity index (χ1v) is 9.69. The number of rotatable bonds is 6. The first kappa shape index (κ1) is 16.7. The molecule has 0 radical (unpaired) electrons. The zero-order valence-electron chi connectivity index (χ0n) is 12.2. The van der Waals surface area contributed by atoms with Crippen LogP contribution in [0.5, 0.6) is 0 Å².